The van der Waals surface area contributed by atoms with Crippen LogP contribution in [0.1, 0.15) is 31.7 Å². The summed E-state index contributed by atoms with van der Waals surface area (Å²) in [4.78, 5) is 15.0. The molecule has 2 aromatic carbocycles. The Labute approximate surface area is 213 Å². The summed E-state index contributed by atoms with van der Waals surface area (Å²) in [6, 6.07) is 11.9. The molecule has 0 bridgehead atoms. The highest BCUT2D eigenvalue weighted by molar-refractivity contribution is 9.10. The molecule has 9 heteroatoms. The van der Waals surface area contributed by atoms with Crippen molar-refractivity contribution in [3.05, 3.63) is 64.5 Å². The third-order valence-corrected chi connectivity index (χ3v) is 6.91. The van der Waals surface area contributed by atoms with Crippen LogP contribution in [-0.2, 0) is 13.6 Å². The average molecular weight is 544 g/mol. The number of amides is 2. The molecule has 0 aliphatic carbocycles. The van der Waals surface area contributed by atoms with Crippen molar-refractivity contribution in [2.24, 2.45) is 7.05 Å². The fourth-order valence-electron chi connectivity index (χ4n) is 4.35. The molecule has 2 heterocycles. The Morgan fingerprint density at radius 1 is 1.23 bits per heavy atom. The van der Waals surface area contributed by atoms with Crippen LogP contribution in [0.4, 0.5) is 14.9 Å². The van der Waals surface area contributed by atoms with E-state index >= 15 is 0 Å². The normalized spacial score (nSPS) is 16.2. The van der Waals surface area contributed by atoms with Crippen LogP contribution >= 0.6 is 15.9 Å². The molecule has 1 aromatic heterocycles. The molecule has 1 saturated heterocycles. The second kappa shape index (κ2) is 11.7. The van der Waals surface area contributed by atoms with Crippen LogP contribution in [-0.4, -0.2) is 46.4 Å². The van der Waals surface area contributed by atoms with Crippen molar-refractivity contribution in [1.82, 2.24) is 20.0 Å². The molecule has 1 atom stereocenters. The van der Waals surface area contributed by atoms with Crippen LogP contribution in [0.25, 0.3) is 11.3 Å². The maximum Gasteiger partial charge on any atom is 0.319 e. The van der Waals surface area contributed by atoms with Crippen LogP contribution in [0.15, 0.2) is 53.1 Å². The zero-order chi connectivity index (χ0) is 24.8. The highest BCUT2D eigenvalue weighted by atomic mass is 79.9. The maximum atomic E-state index is 13.1. The van der Waals surface area contributed by atoms with Gasteiger partial charge in [0.15, 0.2) is 0 Å². The lowest BCUT2D eigenvalue weighted by Gasteiger charge is -2.33. The molecule has 0 saturated carbocycles. The minimum Gasteiger partial charge on any atom is -0.492 e. The summed E-state index contributed by atoms with van der Waals surface area (Å²) in [5.74, 6) is 0.427. The monoisotopic (exact) mass is 543 g/mol. The quantitative estimate of drug-likeness (QED) is 0.390. The van der Waals surface area contributed by atoms with E-state index in [-0.39, 0.29) is 11.8 Å². The van der Waals surface area contributed by atoms with Gasteiger partial charge in [0, 0.05) is 37.4 Å². The van der Waals surface area contributed by atoms with Gasteiger partial charge in [0.25, 0.3) is 0 Å². The van der Waals surface area contributed by atoms with Crippen molar-refractivity contribution in [3.8, 4) is 17.0 Å². The van der Waals surface area contributed by atoms with E-state index in [1.807, 2.05) is 25.2 Å². The van der Waals surface area contributed by atoms with Gasteiger partial charge in [0.2, 0.25) is 0 Å². The number of aromatic nitrogens is 2. The lowest BCUT2D eigenvalue weighted by Crippen LogP contribution is -2.39. The van der Waals surface area contributed by atoms with Gasteiger partial charge in [-0.2, -0.15) is 5.10 Å². The van der Waals surface area contributed by atoms with Crippen LogP contribution in [0, 0.1) is 5.82 Å². The van der Waals surface area contributed by atoms with Gasteiger partial charge in [0.05, 0.1) is 16.4 Å². The fraction of sp³-hybridized carbons (Fsp3) is 0.385. The van der Waals surface area contributed by atoms with Crippen molar-refractivity contribution in [2.75, 3.05) is 25.0 Å². The maximum absolute atomic E-state index is 13.1. The molecule has 35 heavy (non-hydrogen) atoms. The van der Waals surface area contributed by atoms with E-state index in [0.717, 1.165) is 40.1 Å². The predicted molar refractivity (Wildman–Crippen MR) is 139 cm³/mol. The Hall–Kier alpha value is -2.91. The summed E-state index contributed by atoms with van der Waals surface area (Å²) in [6.45, 7) is 5.14. The minimum absolute atomic E-state index is 0.294. The smallest absolute Gasteiger partial charge is 0.319 e. The first-order valence-electron chi connectivity index (χ1n) is 11.9. The van der Waals surface area contributed by atoms with Crippen LogP contribution in [0.3, 0.4) is 0 Å². The molecule has 4 rings (SSSR count). The summed E-state index contributed by atoms with van der Waals surface area (Å²) in [5.41, 5.74) is 3.14. The highest BCUT2D eigenvalue weighted by Crippen LogP contribution is 2.36. The van der Waals surface area contributed by atoms with E-state index in [4.69, 9.17) is 4.74 Å². The summed E-state index contributed by atoms with van der Waals surface area (Å²) < 4.78 is 21.9. The van der Waals surface area contributed by atoms with Crippen molar-refractivity contribution < 1.29 is 13.9 Å². The van der Waals surface area contributed by atoms with E-state index in [9.17, 15) is 9.18 Å². The number of ether oxygens (including phenoxy) is 1. The number of likely N-dealkylation sites (tertiary alicyclic amines) is 1. The van der Waals surface area contributed by atoms with Gasteiger partial charge in [-0.15, -0.1) is 0 Å². The van der Waals surface area contributed by atoms with Gasteiger partial charge >= 0.3 is 6.03 Å². The zero-order valence-corrected chi connectivity index (χ0v) is 21.6. The topological polar surface area (TPSA) is 71.4 Å². The average Bonchev–Trinajstić information content (AvgIpc) is 3.18. The zero-order valence-electron chi connectivity index (χ0n) is 20.1. The molecule has 3 aromatic rings. The van der Waals surface area contributed by atoms with Crippen LogP contribution in [0.5, 0.6) is 5.75 Å². The number of anilines is 1. The molecule has 1 fully saturated rings. The lowest BCUT2D eigenvalue weighted by atomic mass is 10.0. The van der Waals surface area contributed by atoms with Gasteiger partial charge in [0.1, 0.15) is 18.2 Å². The standard InChI is InChI=1S/C26H31BrFN5O2/c1-18-5-3-4-12-33(18)13-14-35-24-11-10-21(15-22(24)25-23(27)17-30-32(25)2)31-26(34)29-16-19-6-8-20(28)9-7-19/h6-11,15,17-18H,3-5,12-14,16H2,1-2H3,(H2,29,31,34). The Balaban J connectivity index is 1.45. The van der Waals surface area contributed by atoms with Gasteiger partial charge < -0.3 is 15.4 Å². The van der Waals surface area contributed by atoms with Gasteiger partial charge in [-0.3, -0.25) is 9.58 Å². The largest absolute Gasteiger partial charge is 0.492 e. The van der Waals surface area contributed by atoms with Crippen molar-refractivity contribution in [1.29, 1.82) is 0 Å². The number of piperidine rings is 1. The summed E-state index contributed by atoms with van der Waals surface area (Å²) in [7, 11) is 1.87. The van der Waals surface area contributed by atoms with Crippen molar-refractivity contribution >= 4 is 27.6 Å². The number of carbonyl (C=O) groups excluding carboxylic acids is 1. The van der Waals surface area contributed by atoms with E-state index < -0.39 is 0 Å². The molecule has 7 nitrogen and oxygen atoms in total. The molecule has 2 amide bonds. The molecule has 1 unspecified atom stereocenters. The number of halogens is 2. The first-order valence-corrected chi connectivity index (χ1v) is 12.7. The molecule has 2 N–H and O–H groups in total. The van der Waals surface area contributed by atoms with Gasteiger partial charge in [-0.25, -0.2) is 9.18 Å². The Morgan fingerprint density at radius 3 is 2.74 bits per heavy atom. The van der Waals surface area contributed by atoms with Crippen LogP contribution in [0.2, 0.25) is 0 Å². The molecule has 1 aliphatic rings. The van der Waals surface area contributed by atoms with Gasteiger partial charge in [-0.05, 0) is 78.1 Å². The first kappa shape index (κ1) is 25.2. The van der Waals surface area contributed by atoms with E-state index in [1.54, 1.807) is 23.0 Å². The number of hydrogen-bond donors (Lipinski definition) is 2. The lowest BCUT2D eigenvalue weighted by molar-refractivity contribution is 0.133. The summed E-state index contributed by atoms with van der Waals surface area (Å²) in [5, 5.41) is 10.0. The molecular formula is C26H31BrFN5O2. The number of urea groups is 1. The fourth-order valence-corrected chi connectivity index (χ4v) is 4.92. The number of benzene rings is 2. The Kier molecular flexibility index (Phi) is 8.41. The van der Waals surface area contributed by atoms with Gasteiger partial charge in [-0.1, -0.05) is 18.6 Å². The minimum atomic E-state index is -0.350. The Bertz CT molecular complexity index is 1130. The highest BCUT2D eigenvalue weighted by Gasteiger charge is 2.19. The van der Waals surface area contributed by atoms with Crippen molar-refractivity contribution in [3.63, 3.8) is 0 Å². The van der Waals surface area contributed by atoms with Crippen LogP contribution < -0.4 is 15.4 Å². The Morgan fingerprint density at radius 2 is 2.03 bits per heavy atom. The molecule has 1 aliphatic heterocycles. The number of carbonyl (C=O) groups is 1. The van der Waals surface area contributed by atoms with E-state index in [0.29, 0.717) is 24.9 Å². The summed E-state index contributed by atoms with van der Waals surface area (Å²) in [6.07, 6.45) is 5.51. The second-order valence-electron chi connectivity index (χ2n) is 8.84. The number of hydrogen-bond acceptors (Lipinski definition) is 4. The second-order valence-corrected chi connectivity index (χ2v) is 9.69. The molecule has 186 valence electrons. The number of aryl methyl sites for hydroxylation is 1. The predicted octanol–water partition coefficient (Wildman–Crippen LogP) is 5.56. The van der Waals surface area contributed by atoms with E-state index in [2.05, 4.69) is 43.5 Å². The van der Waals surface area contributed by atoms with E-state index in [1.165, 1.54) is 31.4 Å². The molecule has 0 spiro atoms. The van der Waals surface area contributed by atoms with Crippen molar-refractivity contribution in [2.45, 2.75) is 38.8 Å². The summed E-state index contributed by atoms with van der Waals surface area (Å²) >= 11 is 3.58. The third-order valence-electron chi connectivity index (χ3n) is 6.33. The number of nitrogens with one attached hydrogen (secondary N) is 2. The SMILES string of the molecule is CC1CCCCN1CCOc1ccc(NC(=O)NCc2ccc(F)cc2)cc1-c1c(Br)cnn1C. The first-order chi connectivity index (χ1) is 16.9. The molecular weight excluding hydrogens is 513 g/mol. The number of nitrogens with zero attached hydrogens (tertiary/aromatic N) is 3. The molecule has 0 radical (unpaired) electrons. The number of rotatable bonds is 8. The third kappa shape index (κ3) is 6.61.